The number of nitrogens with one attached hydrogen (secondary N) is 1. The largest absolute Gasteiger partial charge is 0.508 e. The number of hydrazine groups is 1. The van der Waals surface area contributed by atoms with Gasteiger partial charge in [-0.15, -0.1) is 6.58 Å². The molecule has 3 aliphatic rings. The van der Waals surface area contributed by atoms with Gasteiger partial charge in [-0.3, -0.25) is 14.6 Å². The van der Waals surface area contributed by atoms with Gasteiger partial charge in [0.15, 0.2) is 0 Å². The smallest absolute Gasteiger partial charge is 0.332 e. The molecular formula is C34H38N6O5. The normalized spacial score (nSPS) is 19.5. The number of hydrogen-bond acceptors (Lipinski definition) is 7. The number of anilines is 1. The van der Waals surface area contributed by atoms with Crippen molar-refractivity contribution >= 4 is 23.5 Å². The fraction of sp³-hybridized carbons (Fsp3) is 0.324. The third-order valence-corrected chi connectivity index (χ3v) is 8.57. The number of carbonyl (C=O) groups is 3. The van der Waals surface area contributed by atoms with Crippen molar-refractivity contribution in [3.8, 4) is 11.5 Å². The van der Waals surface area contributed by atoms with Crippen LogP contribution in [0.3, 0.4) is 0 Å². The van der Waals surface area contributed by atoms with E-state index in [0.717, 1.165) is 34.7 Å². The number of piperazine rings is 1. The first-order valence-electron chi connectivity index (χ1n) is 15.1. The van der Waals surface area contributed by atoms with Crippen molar-refractivity contribution in [2.45, 2.75) is 31.7 Å². The summed E-state index contributed by atoms with van der Waals surface area (Å²) in [6.07, 6.45) is 1.32. The highest BCUT2D eigenvalue weighted by molar-refractivity contribution is 5.92. The maximum Gasteiger partial charge on any atom is 0.332 e. The summed E-state index contributed by atoms with van der Waals surface area (Å²) < 4.78 is 5.91. The van der Waals surface area contributed by atoms with E-state index in [1.165, 1.54) is 5.01 Å². The molecule has 0 aliphatic carbocycles. The van der Waals surface area contributed by atoms with E-state index in [2.05, 4.69) is 16.8 Å². The molecule has 3 aromatic carbocycles. The predicted octanol–water partition coefficient (Wildman–Crippen LogP) is 2.96. The summed E-state index contributed by atoms with van der Waals surface area (Å²) in [5.74, 6) is 0.499. The number of carbonyl (C=O) groups excluding carboxylic acids is 3. The Kier molecular flexibility index (Phi) is 8.61. The Morgan fingerprint density at radius 1 is 1.07 bits per heavy atom. The van der Waals surface area contributed by atoms with E-state index in [-0.39, 0.29) is 49.7 Å². The topological polar surface area (TPSA) is 109 Å². The molecule has 11 nitrogen and oxygen atoms in total. The second-order valence-corrected chi connectivity index (χ2v) is 11.5. The van der Waals surface area contributed by atoms with Gasteiger partial charge < -0.3 is 29.9 Å². The number of para-hydroxylation sites is 1. The number of benzene rings is 3. The summed E-state index contributed by atoms with van der Waals surface area (Å²) >= 11 is 0. The standard InChI is InChI=1S/C34H38N6O5/c1-3-16-38(34(44)35-20-25-8-5-4-6-9-25)39-23-31(42)40-28(19-24-12-14-27(41)15-13-24)33(43)37(22-30(39)40)21-26-10-7-11-29-32(26)36(2)17-18-45-29/h3-15,28,30,41H,1,16-23H2,2H3,(H,35,44)/t28-,30+/m0/s1. The van der Waals surface area contributed by atoms with Crippen LogP contribution < -0.4 is 15.0 Å². The van der Waals surface area contributed by atoms with Gasteiger partial charge in [0.1, 0.15) is 30.3 Å². The molecule has 0 unspecified atom stereocenters. The van der Waals surface area contributed by atoms with Crippen LogP contribution in [0.1, 0.15) is 16.7 Å². The Balaban J connectivity index is 1.31. The van der Waals surface area contributed by atoms with Crippen molar-refractivity contribution < 1.29 is 24.2 Å². The van der Waals surface area contributed by atoms with E-state index < -0.39 is 12.2 Å². The molecular weight excluding hydrogens is 572 g/mol. The molecule has 0 spiro atoms. The van der Waals surface area contributed by atoms with Crippen molar-refractivity contribution in [2.24, 2.45) is 0 Å². The van der Waals surface area contributed by atoms with Crippen LogP contribution >= 0.6 is 0 Å². The Morgan fingerprint density at radius 3 is 2.60 bits per heavy atom. The monoisotopic (exact) mass is 610 g/mol. The first-order chi connectivity index (χ1) is 21.8. The van der Waals surface area contributed by atoms with Gasteiger partial charge in [0.25, 0.3) is 0 Å². The number of aromatic hydroxyl groups is 1. The number of nitrogens with zero attached hydrogens (tertiary/aromatic N) is 5. The van der Waals surface area contributed by atoms with Gasteiger partial charge in [0.2, 0.25) is 11.8 Å². The number of phenolic OH excluding ortho intramolecular Hbond substituents is 1. The minimum atomic E-state index is -0.794. The minimum Gasteiger partial charge on any atom is -0.508 e. The van der Waals surface area contributed by atoms with Crippen LogP contribution in [0.4, 0.5) is 10.5 Å². The number of fused-ring (bicyclic) bond motifs is 2. The lowest BCUT2D eigenvalue weighted by molar-refractivity contribution is -0.157. The molecule has 3 aliphatic heterocycles. The fourth-order valence-corrected chi connectivity index (χ4v) is 6.39. The fourth-order valence-electron chi connectivity index (χ4n) is 6.39. The van der Waals surface area contributed by atoms with Gasteiger partial charge in [-0.05, 0) is 34.9 Å². The van der Waals surface area contributed by atoms with Crippen molar-refractivity contribution in [2.75, 3.05) is 44.7 Å². The van der Waals surface area contributed by atoms with Gasteiger partial charge in [-0.2, -0.15) is 5.01 Å². The van der Waals surface area contributed by atoms with E-state index in [9.17, 15) is 19.5 Å². The third kappa shape index (κ3) is 6.16. The van der Waals surface area contributed by atoms with E-state index in [4.69, 9.17) is 4.74 Å². The van der Waals surface area contributed by atoms with E-state index in [1.807, 2.05) is 55.6 Å². The number of phenols is 1. The Hall–Kier alpha value is -5.03. The van der Waals surface area contributed by atoms with Gasteiger partial charge in [-0.25, -0.2) is 4.79 Å². The third-order valence-electron chi connectivity index (χ3n) is 8.57. The molecule has 2 saturated heterocycles. The Bertz CT molecular complexity index is 1570. The van der Waals surface area contributed by atoms with Gasteiger partial charge in [0.05, 0.1) is 31.9 Å². The van der Waals surface area contributed by atoms with Crippen molar-refractivity contribution in [1.29, 1.82) is 0 Å². The zero-order valence-corrected chi connectivity index (χ0v) is 25.3. The zero-order chi connectivity index (χ0) is 31.5. The van der Waals surface area contributed by atoms with Crippen LogP contribution in [0.15, 0.2) is 85.5 Å². The van der Waals surface area contributed by atoms with Crippen LogP contribution in [0.5, 0.6) is 11.5 Å². The lowest BCUT2D eigenvalue weighted by Crippen LogP contribution is -2.66. The number of hydrogen-bond donors (Lipinski definition) is 2. The second-order valence-electron chi connectivity index (χ2n) is 11.5. The van der Waals surface area contributed by atoms with E-state index in [1.54, 1.807) is 45.2 Å². The first-order valence-corrected chi connectivity index (χ1v) is 15.1. The maximum atomic E-state index is 14.2. The van der Waals surface area contributed by atoms with Gasteiger partial charge in [-0.1, -0.05) is 60.7 Å². The Labute approximate surface area is 262 Å². The van der Waals surface area contributed by atoms with Crippen molar-refractivity contribution in [1.82, 2.24) is 25.1 Å². The van der Waals surface area contributed by atoms with Crippen molar-refractivity contribution in [3.63, 3.8) is 0 Å². The summed E-state index contributed by atoms with van der Waals surface area (Å²) in [6.45, 7) is 6.16. The highest BCUT2D eigenvalue weighted by Gasteiger charge is 2.52. The molecule has 234 valence electrons. The second kappa shape index (κ2) is 12.9. The zero-order valence-electron chi connectivity index (χ0n) is 25.3. The van der Waals surface area contributed by atoms with Crippen LogP contribution in [0.25, 0.3) is 0 Å². The molecule has 45 heavy (non-hydrogen) atoms. The van der Waals surface area contributed by atoms with E-state index >= 15 is 0 Å². The lowest BCUT2D eigenvalue weighted by Gasteiger charge is -2.46. The SMILES string of the molecule is C=CCN(C(=O)NCc1ccccc1)N1CC(=O)N2[C@@H](Cc3ccc(O)cc3)C(=O)N(Cc3cccc4c3N(C)CCO4)C[C@@H]21. The number of rotatable bonds is 9. The molecule has 3 heterocycles. The van der Waals surface area contributed by atoms with E-state index in [0.29, 0.717) is 19.7 Å². The summed E-state index contributed by atoms with van der Waals surface area (Å²) in [5.41, 5.74) is 3.65. The van der Waals surface area contributed by atoms with Crippen LogP contribution in [0.2, 0.25) is 0 Å². The molecule has 3 aromatic rings. The van der Waals surface area contributed by atoms with Crippen LogP contribution in [-0.4, -0.2) is 94.8 Å². The summed E-state index contributed by atoms with van der Waals surface area (Å²) in [6, 6.07) is 21.0. The molecule has 6 rings (SSSR count). The average molecular weight is 611 g/mol. The molecule has 2 fully saturated rings. The minimum absolute atomic E-state index is 0.0538. The van der Waals surface area contributed by atoms with Gasteiger partial charge >= 0.3 is 6.03 Å². The number of likely N-dealkylation sites (N-methyl/N-ethyl adjacent to an activating group) is 1. The highest BCUT2D eigenvalue weighted by atomic mass is 16.5. The number of amides is 4. The molecule has 11 heteroatoms. The maximum absolute atomic E-state index is 14.2. The number of ether oxygens (including phenoxy) is 1. The summed E-state index contributed by atoms with van der Waals surface area (Å²) in [7, 11) is 2.01. The molecule has 2 atom stereocenters. The van der Waals surface area contributed by atoms with Crippen LogP contribution in [-0.2, 0) is 29.1 Å². The Morgan fingerprint density at radius 2 is 1.84 bits per heavy atom. The van der Waals surface area contributed by atoms with Crippen LogP contribution in [0, 0.1) is 0 Å². The van der Waals surface area contributed by atoms with Crippen molar-refractivity contribution in [3.05, 3.63) is 102 Å². The molecule has 4 amide bonds. The lowest BCUT2D eigenvalue weighted by atomic mass is 9.99. The summed E-state index contributed by atoms with van der Waals surface area (Å²) in [4.78, 5) is 47.1. The predicted molar refractivity (Wildman–Crippen MR) is 169 cm³/mol. The molecule has 0 aromatic heterocycles. The quantitative estimate of drug-likeness (QED) is 0.359. The number of urea groups is 1. The molecule has 0 bridgehead atoms. The highest BCUT2D eigenvalue weighted by Crippen LogP contribution is 2.36. The average Bonchev–Trinajstić information content (AvgIpc) is 3.37. The molecule has 2 N–H and O–H groups in total. The summed E-state index contributed by atoms with van der Waals surface area (Å²) in [5, 5.41) is 16.1. The molecule has 0 radical (unpaired) electrons. The molecule has 0 saturated carbocycles. The van der Waals surface area contributed by atoms with Gasteiger partial charge in [0, 0.05) is 26.6 Å². The first kappa shape index (κ1) is 30.0.